The van der Waals surface area contributed by atoms with Crippen molar-refractivity contribution in [2.45, 2.75) is 83.2 Å². The number of rotatable bonds is 12. The van der Waals surface area contributed by atoms with Crippen LogP contribution in [0.2, 0.25) is 0 Å². The second-order valence-corrected chi connectivity index (χ2v) is 8.86. The van der Waals surface area contributed by atoms with E-state index < -0.39 is 6.10 Å². The molecule has 5 nitrogen and oxygen atoms in total. The molecule has 0 amide bonds. The van der Waals surface area contributed by atoms with Gasteiger partial charge in [-0.05, 0) is 51.5 Å². The number of hydrogen-bond donors (Lipinski definition) is 1. The zero-order valence-corrected chi connectivity index (χ0v) is 18.7. The maximum absolute atomic E-state index is 11.6. The SMILES string of the molecule is CC(C)OC(=O)CCC/C=C\C[C@@H]1[C@@H](/C=C/[C@@H](O)CCc2ccccc2)[C@@H]2C[C@H]1OO2. The summed E-state index contributed by atoms with van der Waals surface area (Å²) in [5, 5.41) is 10.4. The first-order valence-electron chi connectivity index (χ1n) is 11.6. The van der Waals surface area contributed by atoms with E-state index in [0.717, 1.165) is 32.1 Å². The van der Waals surface area contributed by atoms with Gasteiger partial charge in [0.15, 0.2) is 0 Å². The van der Waals surface area contributed by atoms with Crippen LogP contribution >= 0.6 is 0 Å². The Kier molecular flexibility index (Phi) is 9.31. The third-order valence-corrected chi connectivity index (χ3v) is 5.99. The first-order chi connectivity index (χ1) is 15.0. The van der Waals surface area contributed by atoms with E-state index in [1.54, 1.807) is 0 Å². The molecule has 1 aliphatic heterocycles. The quantitative estimate of drug-likeness (QED) is 0.221. The van der Waals surface area contributed by atoms with Gasteiger partial charge >= 0.3 is 5.97 Å². The molecule has 0 aromatic heterocycles. The average Bonchev–Trinajstić information content (AvgIpc) is 3.35. The number of aryl methyl sites for hydroxylation is 1. The molecule has 2 bridgehead atoms. The van der Waals surface area contributed by atoms with Crippen LogP contribution in [0.25, 0.3) is 0 Å². The molecule has 1 aromatic carbocycles. The second-order valence-electron chi connectivity index (χ2n) is 8.86. The van der Waals surface area contributed by atoms with Crippen LogP contribution in [-0.4, -0.2) is 35.5 Å². The van der Waals surface area contributed by atoms with E-state index in [2.05, 4.69) is 30.4 Å². The summed E-state index contributed by atoms with van der Waals surface area (Å²) in [6.07, 6.45) is 13.6. The molecule has 3 rings (SSSR count). The second kappa shape index (κ2) is 12.2. The van der Waals surface area contributed by atoms with E-state index in [0.29, 0.717) is 18.8 Å². The van der Waals surface area contributed by atoms with Gasteiger partial charge in [-0.15, -0.1) is 0 Å². The lowest BCUT2D eigenvalue weighted by atomic mass is 9.89. The Morgan fingerprint density at radius 2 is 1.97 bits per heavy atom. The Balaban J connectivity index is 1.41. The van der Waals surface area contributed by atoms with Crippen molar-refractivity contribution in [3.05, 3.63) is 60.2 Å². The van der Waals surface area contributed by atoms with E-state index >= 15 is 0 Å². The molecule has 1 N–H and O–H groups in total. The minimum atomic E-state index is -0.456. The van der Waals surface area contributed by atoms with Crippen molar-refractivity contribution in [3.63, 3.8) is 0 Å². The minimum Gasteiger partial charge on any atom is -0.463 e. The van der Waals surface area contributed by atoms with E-state index in [1.165, 1.54) is 5.56 Å². The first kappa shape index (κ1) is 23.7. The fourth-order valence-electron chi connectivity index (χ4n) is 4.39. The number of fused-ring (bicyclic) bond motifs is 2. The highest BCUT2D eigenvalue weighted by molar-refractivity contribution is 5.69. The Morgan fingerprint density at radius 1 is 1.19 bits per heavy atom. The highest BCUT2D eigenvalue weighted by Crippen LogP contribution is 2.44. The largest absolute Gasteiger partial charge is 0.463 e. The fraction of sp³-hybridized carbons (Fsp3) is 0.577. The number of aliphatic hydroxyl groups is 1. The fourth-order valence-corrected chi connectivity index (χ4v) is 4.39. The van der Waals surface area contributed by atoms with Gasteiger partial charge in [-0.2, -0.15) is 0 Å². The van der Waals surface area contributed by atoms with E-state index in [4.69, 9.17) is 14.5 Å². The summed E-state index contributed by atoms with van der Waals surface area (Å²) in [5.74, 6) is 0.493. The Bertz CT molecular complexity index is 727. The standard InChI is InChI=1S/C26H36O5/c1-19(2)29-26(28)13-9-4-3-8-12-22-23(25-18-24(22)30-31-25)17-16-21(27)15-14-20-10-6-5-7-11-20/h3,5-8,10-11,16-17,19,21-25,27H,4,9,12-15,18H2,1-2H3/b8-3-,17-16+/t21-,22+,23+,24+,25-/m0/s1. The number of benzene rings is 1. The summed E-state index contributed by atoms with van der Waals surface area (Å²) in [6, 6.07) is 10.2. The van der Waals surface area contributed by atoms with Gasteiger partial charge in [0.05, 0.1) is 18.3 Å². The molecule has 2 aliphatic rings. The van der Waals surface area contributed by atoms with Crippen molar-refractivity contribution < 1.29 is 24.4 Å². The summed E-state index contributed by atoms with van der Waals surface area (Å²) < 4.78 is 5.15. The topological polar surface area (TPSA) is 65.0 Å². The van der Waals surface area contributed by atoms with Crippen molar-refractivity contribution in [3.8, 4) is 0 Å². The van der Waals surface area contributed by atoms with Crippen LogP contribution in [0.15, 0.2) is 54.6 Å². The predicted octanol–water partition coefficient (Wildman–Crippen LogP) is 4.94. The maximum atomic E-state index is 11.6. The van der Waals surface area contributed by atoms with E-state index in [9.17, 15) is 9.90 Å². The Morgan fingerprint density at radius 3 is 2.74 bits per heavy atom. The molecule has 170 valence electrons. The zero-order valence-electron chi connectivity index (χ0n) is 18.7. The highest BCUT2D eigenvalue weighted by atomic mass is 17.2. The van der Waals surface area contributed by atoms with E-state index in [-0.39, 0.29) is 30.2 Å². The summed E-state index contributed by atoms with van der Waals surface area (Å²) in [4.78, 5) is 22.5. The van der Waals surface area contributed by atoms with Crippen molar-refractivity contribution in [2.24, 2.45) is 11.8 Å². The third kappa shape index (κ3) is 7.60. The van der Waals surface area contributed by atoms with Crippen molar-refractivity contribution in [1.82, 2.24) is 0 Å². The van der Waals surface area contributed by atoms with Crippen LogP contribution in [0, 0.1) is 11.8 Å². The lowest BCUT2D eigenvalue weighted by Crippen LogP contribution is -2.28. The summed E-state index contributed by atoms with van der Waals surface area (Å²) in [6.45, 7) is 3.73. The predicted molar refractivity (Wildman–Crippen MR) is 120 cm³/mol. The summed E-state index contributed by atoms with van der Waals surface area (Å²) >= 11 is 0. The van der Waals surface area contributed by atoms with Crippen molar-refractivity contribution >= 4 is 5.97 Å². The van der Waals surface area contributed by atoms with Crippen molar-refractivity contribution in [1.29, 1.82) is 0 Å². The van der Waals surface area contributed by atoms with Crippen LogP contribution < -0.4 is 0 Å². The molecule has 2 fully saturated rings. The normalized spacial score (nSPS) is 26.3. The number of unbranched alkanes of at least 4 members (excludes halogenated alkanes) is 1. The Hall–Kier alpha value is -1.95. The Labute approximate surface area is 186 Å². The van der Waals surface area contributed by atoms with Crippen LogP contribution in [0.4, 0.5) is 0 Å². The van der Waals surface area contributed by atoms with Gasteiger partial charge in [-0.25, -0.2) is 9.78 Å². The molecule has 1 saturated carbocycles. The number of allylic oxidation sites excluding steroid dienone is 2. The monoisotopic (exact) mass is 428 g/mol. The molecule has 0 unspecified atom stereocenters. The van der Waals surface area contributed by atoms with Gasteiger partial charge in [-0.3, -0.25) is 4.79 Å². The highest BCUT2D eigenvalue weighted by Gasteiger charge is 2.49. The maximum Gasteiger partial charge on any atom is 0.306 e. The van der Waals surface area contributed by atoms with Crippen LogP contribution in [0.3, 0.4) is 0 Å². The number of hydrogen-bond acceptors (Lipinski definition) is 5. The number of carbonyl (C=O) groups excluding carboxylic acids is 1. The molecule has 31 heavy (non-hydrogen) atoms. The molecule has 0 radical (unpaired) electrons. The first-order valence-corrected chi connectivity index (χ1v) is 11.6. The summed E-state index contributed by atoms with van der Waals surface area (Å²) in [5.41, 5.74) is 1.24. The number of aliphatic hydroxyl groups excluding tert-OH is 1. The van der Waals surface area contributed by atoms with Gasteiger partial charge in [0.2, 0.25) is 0 Å². The molecule has 5 atom stereocenters. The average molecular weight is 429 g/mol. The van der Waals surface area contributed by atoms with Gasteiger partial charge < -0.3 is 9.84 Å². The molecule has 1 aromatic rings. The minimum absolute atomic E-state index is 0.0510. The van der Waals surface area contributed by atoms with Gasteiger partial charge in [-0.1, -0.05) is 54.6 Å². The van der Waals surface area contributed by atoms with Crippen LogP contribution in [-0.2, 0) is 25.7 Å². The molecule has 0 spiro atoms. The molecule has 5 heteroatoms. The summed E-state index contributed by atoms with van der Waals surface area (Å²) in [7, 11) is 0. The molecular weight excluding hydrogens is 392 g/mol. The lowest BCUT2D eigenvalue weighted by molar-refractivity contribution is -0.336. The number of esters is 1. The van der Waals surface area contributed by atoms with E-state index in [1.807, 2.05) is 38.1 Å². The number of carbonyl (C=O) groups is 1. The van der Waals surface area contributed by atoms with Gasteiger partial charge in [0.1, 0.15) is 6.10 Å². The van der Waals surface area contributed by atoms with Gasteiger partial charge in [0, 0.05) is 24.7 Å². The molecule has 1 aliphatic carbocycles. The smallest absolute Gasteiger partial charge is 0.306 e. The van der Waals surface area contributed by atoms with Crippen LogP contribution in [0.1, 0.15) is 57.9 Å². The van der Waals surface area contributed by atoms with Crippen molar-refractivity contribution in [2.75, 3.05) is 0 Å². The number of ether oxygens (including phenoxy) is 1. The molecule has 1 saturated heterocycles. The van der Waals surface area contributed by atoms with Gasteiger partial charge in [0.25, 0.3) is 0 Å². The zero-order chi connectivity index (χ0) is 22.1. The molecular formula is C26H36O5. The third-order valence-electron chi connectivity index (χ3n) is 5.99. The molecule has 1 heterocycles. The lowest BCUT2D eigenvalue weighted by Gasteiger charge is -2.27. The van der Waals surface area contributed by atoms with Crippen LogP contribution in [0.5, 0.6) is 0 Å².